The second kappa shape index (κ2) is 4.76. The summed E-state index contributed by atoms with van der Waals surface area (Å²) in [6, 6.07) is 0. The molecular formula is C15H25NO2. The van der Waals surface area contributed by atoms with E-state index in [2.05, 4.69) is 11.9 Å². The molecule has 3 atom stereocenters. The lowest BCUT2D eigenvalue weighted by Crippen LogP contribution is -2.47. The van der Waals surface area contributed by atoms with E-state index in [4.69, 9.17) is 0 Å². The van der Waals surface area contributed by atoms with Crippen molar-refractivity contribution in [2.45, 2.75) is 40.0 Å². The second-order valence-corrected chi connectivity index (χ2v) is 7.14. The van der Waals surface area contributed by atoms with Gasteiger partial charge in [0.15, 0.2) is 0 Å². The van der Waals surface area contributed by atoms with Crippen LogP contribution in [0, 0.1) is 23.2 Å². The van der Waals surface area contributed by atoms with Crippen LogP contribution < -0.4 is 0 Å². The van der Waals surface area contributed by atoms with Crippen LogP contribution >= 0.6 is 0 Å². The fourth-order valence-corrected chi connectivity index (χ4v) is 3.41. The molecule has 1 saturated carbocycles. The van der Waals surface area contributed by atoms with E-state index in [-0.39, 0.29) is 17.5 Å². The Hall–Kier alpha value is -0.700. The maximum absolute atomic E-state index is 12.4. The lowest BCUT2D eigenvalue weighted by atomic mass is 9.66. The Labute approximate surface area is 110 Å². The Balaban J connectivity index is 2.10. The van der Waals surface area contributed by atoms with Gasteiger partial charge in [-0.25, -0.2) is 0 Å². The van der Waals surface area contributed by atoms with E-state index < -0.39 is 5.41 Å². The van der Waals surface area contributed by atoms with Crippen molar-refractivity contribution >= 4 is 11.6 Å². The van der Waals surface area contributed by atoms with E-state index in [0.717, 1.165) is 25.9 Å². The second-order valence-electron chi connectivity index (χ2n) is 7.14. The average Bonchev–Trinajstić information content (AvgIpc) is 2.26. The van der Waals surface area contributed by atoms with Crippen molar-refractivity contribution in [3.8, 4) is 0 Å². The van der Waals surface area contributed by atoms with Crippen molar-refractivity contribution in [2.24, 2.45) is 23.2 Å². The van der Waals surface area contributed by atoms with Crippen molar-refractivity contribution in [3.05, 3.63) is 0 Å². The molecule has 1 unspecified atom stereocenters. The predicted molar refractivity (Wildman–Crippen MR) is 71.3 cm³/mol. The Kier molecular flexibility index (Phi) is 3.63. The van der Waals surface area contributed by atoms with Crippen LogP contribution in [-0.4, -0.2) is 36.6 Å². The zero-order valence-corrected chi connectivity index (χ0v) is 12.0. The van der Waals surface area contributed by atoms with Crippen LogP contribution in [0.4, 0.5) is 0 Å². The van der Waals surface area contributed by atoms with E-state index in [1.807, 2.05) is 20.8 Å². The van der Waals surface area contributed by atoms with Gasteiger partial charge in [-0.3, -0.25) is 9.59 Å². The highest BCUT2D eigenvalue weighted by Crippen LogP contribution is 2.39. The quantitative estimate of drug-likeness (QED) is 0.670. The largest absolute Gasteiger partial charge is 0.306 e. The number of piperidine rings is 1. The highest BCUT2D eigenvalue weighted by Gasteiger charge is 2.43. The van der Waals surface area contributed by atoms with Gasteiger partial charge in [-0.15, -0.1) is 0 Å². The molecule has 102 valence electrons. The van der Waals surface area contributed by atoms with Gasteiger partial charge in [0.25, 0.3) is 0 Å². The molecule has 2 aliphatic rings. The lowest BCUT2D eigenvalue weighted by Gasteiger charge is -2.42. The third kappa shape index (κ3) is 2.66. The molecule has 3 heteroatoms. The fraction of sp³-hybridized carbons (Fsp3) is 0.867. The fourth-order valence-electron chi connectivity index (χ4n) is 3.41. The molecule has 0 aromatic heterocycles. The lowest BCUT2D eigenvalue weighted by molar-refractivity contribution is -0.142. The zero-order chi connectivity index (χ0) is 13.5. The SMILES string of the molecule is CN1CC[C@H]2CC(=O)C(C(=O)C(C)(C)C)C[C@@H]2C1. The molecule has 2 rings (SSSR count). The van der Waals surface area contributed by atoms with Crippen LogP contribution in [0.15, 0.2) is 0 Å². The first-order chi connectivity index (χ1) is 8.29. The van der Waals surface area contributed by atoms with Gasteiger partial charge in [0.1, 0.15) is 11.6 Å². The van der Waals surface area contributed by atoms with Crippen molar-refractivity contribution in [1.82, 2.24) is 4.90 Å². The van der Waals surface area contributed by atoms with Crippen molar-refractivity contribution in [3.63, 3.8) is 0 Å². The Morgan fingerprint density at radius 2 is 1.94 bits per heavy atom. The molecule has 3 nitrogen and oxygen atoms in total. The molecule has 1 heterocycles. The minimum absolute atomic E-state index is 0.138. The minimum Gasteiger partial charge on any atom is -0.306 e. The summed E-state index contributed by atoms with van der Waals surface area (Å²) in [5, 5.41) is 0. The van der Waals surface area contributed by atoms with E-state index in [1.165, 1.54) is 0 Å². The third-order valence-electron chi connectivity index (χ3n) is 4.54. The maximum atomic E-state index is 12.4. The molecule has 0 spiro atoms. The summed E-state index contributed by atoms with van der Waals surface area (Å²) in [6.45, 7) is 7.89. The number of carbonyl (C=O) groups excluding carboxylic acids is 2. The average molecular weight is 251 g/mol. The van der Waals surface area contributed by atoms with Gasteiger partial charge in [-0.1, -0.05) is 20.8 Å². The molecule has 0 aromatic rings. The summed E-state index contributed by atoms with van der Waals surface area (Å²) in [5.74, 6) is 1.06. The Morgan fingerprint density at radius 3 is 2.56 bits per heavy atom. The molecule has 0 bridgehead atoms. The Morgan fingerprint density at radius 1 is 1.28 bits per heavy atom. The third-order valence-corrected chi connectivity index (χ3v) is 4.54. The van der Waals surface area contributed by atoms with Crippen LogP contribution in [-0.2, 0) is 9.59 Å². The number of hydrogen-bond acceptors (Lipinski definition) is 3. The van der Waals surface area contributed by atoms with Gasteiger partial charge in [-0.2, -0.15) is 0 Å². The monoisotopic (exact) mass is 251 g/mol. The maximum Gasteiger partial charge on any atom is 0.148 e. The molecule has 1 aliphatic heterocycles. The first kappa shape index (κ1) is 13.7. The predicted octanol–water partition coefficient (Wildman–Crippen LogP) is 2.15. The molecular weight excluding hydrogens is 226 g/mol. The molecule has 18 heavy (non-hydrogen) atoms. The van der Waals surface area contributed by atoms with Crippen LogP contribution in [0.5, 0.6) is 0 Å². The number of nitrogens with zero attached hydrogens (tertiary/aromatic N) is 1. The van der Waals surface area contributed by atoms with Crippen LogP contribution in [0.3, 0.4) is 0 Å². The summed E-state index contributed by atoms with van der Waals surface area (Å²) in [6.07, 6.45) is 2.53. The van der Waals surface area contributed by atoms with Crippen LogP contribution in [0.1, 0.15) is 40.0 Å². The molecule has 0 N–H and O–H groups in total. The summed E-state index contributed by atoms with van der Waals surface area (Å²) < 4.78 is 0. The van der Waals surface area contributed by atoms with E-state index in [9.17, 15) is 9.59 Å². The number of likely N-dealkylation sites (tertiary alicyclic amines) is 1. The van der Waals surface area contributed by atoms with Gasteiger partial charge in [0, 0.05) is 18.4 Å². The summed E-state index contributed by atoms with van der Waals surface area (Å²) in [7, 11) is 2.13. The molecule has 0 radical (unpaired) electrons. The summed E-state index contributed by atoms with van der Waals surface area (Å²) >= 11 is 0. The number of fused-ring (bicyclic) bond motifs is 1. The van der Waals surface area contributed by atoms with Gasteiger partial charge >= 0.3 is 0 Å². The zero-order valence-electron chi connectivity index (χ0n) is 12.0. The normalized spacial score (nSPS) is 34.2. The molecule has 2 fully saturated rings. The highest BCUT2D eigenvalue weighted by atomic mass is 16.2. The van der Waals surface area contributed by atoms with E-state index >= 15 is 0 Å². The summed E-state index contributed by atoms with van der Waals surface area (Å²) in [4.78, 5) is 26.9. The number of Topliss-reactive ketones (excluding diaryl/α,β-unsaturated/α-hetero) is 2. The van der Waals surface area contributed by atoms with Crippen LogP contribution in [0.2, 0.25) is 0 Å². The Bertz CT molecular complexity index is 356. The van der Waals surface area contributed by atoms with Gasteiger partial charge in [0.2, 0.25) is 0 Å². The van der Waals surface area contributed by atoms with Gasteiger partial charge in [-0.05, 0) is 38.3 Å². The number of ketones is 2. The minimum atomic E-state index is -0.395. The first-order valence-corrected chi connectivity index (χ1v) is 7.04. The topological polar surface area (TPSA) is 37.4 Å². The van der Waals surface area contributed by atoms with E-state index in [0.29, 0.717) is 18.3 Å². The number of hydrogen-bond donors (Lipinski definition) is 0. The smallest absolute Gasteiger partial charge is 0.148 e. The number of rotatable bonds is 1. The molecule has 1 saturated heterocycles. The van der Waals surface area contributed by atoms with Crippen molar-refractivity contribution in [1.29, 1.82) is 0 Å². The summed E-state index contributed by atoms with van der Waals surface area (Å²) in [5.41, 5.74) is -0.395. The number of carbonyl (C=O) groups is 2. The van der Waals surface area contributed by atoms with Crippen molar-refractivity contribution < 1.29 is 9.59 Å². The molecule has 0 amide bonds. The highest BCUT2D eigenvalue weighted by molar-refractivity contribution is 6.05. The van der Waals surface area contributed by atoms with Crippen molar-refractivity contribution in [2.75, 3.05) is 20.1 Å². The van der Waals surface area contributed by atoms with Gasteiger partial charge < -0.3 is 4.90 Å². The molecule has 0 aromatic carbocycles. The molecule has 1 aliphatic carbocycles. The standard InChI is InChI=1S/C15H25NO2/c1-15(2,3)14(18)12-7-11-9-16(4)6-5-10(11)8-13(12)17/h10-12H,5-9H2,1-4H3/t10-,11+,12?/m0/s1. The van der Waals surface area contributed by atoms with Gasteiger partial charge in [0.05, 0.1) is 5.92 Å². The van der Waals surface area contributed by atoms with E-state index in [1.54, 1.807) is 0 Å². The van der Waals surface area contributed by atoms with Crippen LogP contribution in [0.25, 0.3) is 0 Å². The first-order valence-electron chi connectivity index (χ1n) is 7.04.